The standard InChI is InChI=1S/C18H32N4OS/c1-15(17-5-8-21(4)9-6-17)19-18(23)22(11-10-20(2)3)13-16-7-12-24-14-16/h7,12,14-15,17H,5-6,8-11,13H2,1-4H3,(H,19,23). The maximum atomic E-state index is 12.8. The van der Waals surface area contributed by atoms with Gasteiger partial charge in [0.15, 0.2) is 0 Å². The van der Waals surface area contributed by atoms with Gasteiger partial charge in [-0.3, -0.25) is 0 Å². The summed E-state index contributed by atoms with van der Waals surface area (Å²) in [7, 11) is 6.26. The van der Waals surface area contributed by atoms with Crippen LogP contribution in [0, 0.1) is 5.92 Å². The fourth-order valence-corrected chi connectivity index (χ4v) is 3.77. The molecule has 1 fully saturated rings. The fourth-order valence-electron chi connectivity index (χ4n) is 3.11. The molecular weight excluding hydrogens is 320 g/mol. The van der Waals surface area contributed by atoms with Crippen LogP contribution in [0.25, 0.3) is 0 Å². The molecule has 0 spiro atoms. The molecule has 0 saturated carbocycles. The smallest absolute Gasteiger partial charge is 0.317 e. The molecule has 1 unspecified atom stereocenters. The second-order valence-electron chi connectivity index (χ2n) is 7.24. The first-order chi connectivity index (χ1) is 11.5. The minimum atomic E-state index is 0.0643. The van der Waals surface area contributed by atoms with Crippen LogP contribution in [-0.4, -0.2) is 74.1 Å². The summed E-state index contributed by atoms with van der Waals surface area (Å²) in [4.78, 5) is 19.2. The molecule has 1 N–H and O–H groups in total. The monoisotopic (exact) mass is 352 g/mol. The maximum absolute atomic E-state index is 12.8. The molecule has 1 atom stereocenters. The van der Waals surface area contributed by atoms with Crippen molar-refractivity contribution in [2.45, 2.75) is 32.4 Å². The van der Waals surface area contributed by atoms with Crippen molar-refractivity contribution in [2.75, 3.05) is 47.3 Å². The van der Waals surface area contributed by atoms with Crippen molar-refractivity contribution in [3.8, 4) is 0 Å². The first kappa shape index (κ1) is 19.2. The molecule has 2 heterocycles. The molecule has 1 aromatic rings. The fraction of sp³-hybridized carbons (Fsp3) is 0.722. The van der Waals surface area contributed by atoms with E-state index >= 15 is 0 Å². The average molecular weight is 353 g/mol. The number of thiophene rings is 1. The SMILES string of the molecule is CC(NC(=O)N(CCN(C)C)Cc1ccsc1)C1CCN(C)CC1. The van der Waals surface area contributed by atoms with E-state index in [4.69, 9.17) is 0 Å². The van der Waals surface area contributed by atoms with E-state index in [9.17, 15) is 4.79 Å². The third-order valence-electron chi connectivity index (χ3n) is 4.88. The Morgan fingerprint density at radius 1 is 1.38 bits per heavy atom. The van der Waals surface area contributed by atoms with Gasteiger partial charge in [-0.25, -0.2) is 4.79 Å². The predicted molar refractivity (Wildman–Crippen MR) is 101 cm³/mol. The van der Waals surface area contributed by atoms with Gasteiger partial charge in [0, 0.05) is 25.7 Å². The molecule has 1 aromatic heterocycles. The molecule has 1 saturated heterocycles. The molecule has 6 heteroatoms. The number of amides is 2. The Balaban J connectivity index is 1.90. The molecule has 2 amide bonds. The zero-order valence-electron chi connectivity index (χ0n) is 15.5. The van der Waals surface area contributed by atoms with Gasteiger partial charge in [0.2, 0.25) is 0 Å². The minimum Gasteiger partial charge on any atom is -0.335 e. The van der Waals surface area contributed by atoms with Gasteiger partial charge >= 0.3 is 6.03 Å². The van der Waals surface area contributed by atoms with E-state index in [0.717, 1.165) is 26.2 Å². The van der Waals surface area contributed by atoms with Gasteiger partial charge in [-0.15, -0.1) is 0 Å². The van der Waals surface area contributed by atoms with Crippen molar-refractivity contribution < 1.29 is 4.79 Å². The van der Waals surface area contributed by atoms with Gasteiger partial charge in [0.05, 0.1) is 0 Å². The summed E-state index contributed by atoms with van der Waals surface area (Å²) in [5, 5.41) is 7.44. The molecule has 5 nitrogen and oxygen atoms in total. The summed E-state index contributed by atoms with van der Waals surface area (Å²) in [5.74, 6) is 0.585. The molecule has 1 aliphatic rings. The van der Waals surface area contributed by atoms with Gasteiger partial charge in [-0.05, 0) is 82.3 Å². The first-order valence-electron chi connectivity index (χ1n) is 8.85. The molecule has 0 aliphatic carbocycles. The first-order valence-corrected chi connectivity index (χ1v) is 9.79. The largest absolute Gasteiger partial charge is 0.335 e. The number of likely N-dealkylation sites (tertiary alicyclic amines) is 1. The molecule has 2 rings (SSSR count). The topological polar surface area (TPSA) is 38.8 Å². The highest BCUT2D eigenvalue weighted by Gasteiger charge is 2.25. The van der Waals surface area contributed by atoms with Crippen LogP contribution in [0.15, 0.2) is 16.8 Å². The molecule has 0 radical (unpaired) electrons. The highest BCUT2D eigenvalue weighted by atomic mass is 32.1. The van der Waals surface area contributed by atoms with E-state index in [-0.39, 0.29) is 12.1 Å². The lowest BCUT2D eigenvalue weighted by atomic mass is 9.90. The highest BCUT2D eigenvalue weighted by Crippen LogP contribution is 2.20. The van der Waals surface area contributed by atoms with Gasteiger partial charge < -0.3 is 20.0 Å². The van der Waals surface area contributed by atoms with E-state index < -0.39 is 0 Å². The van der Waals surface area contributed by atoms with E-state index in [1.165, 1.54) is 18.4 Å². The lowest BCUT2D eigenvalue weighted by Gasteiger charge is -2.34. The van der Waals surface area contributed by atoms with Crippen molar-refractivity contribution in [3.05, 3.63) is 22.4 Å². The average Bonchev–Trinajstić information content (AvgIpc) is 3.04. The number of nitrogens with one attached hydrogen (secondary N) is 1. The quantitative estimate of drug-likeness (QED) is 0.820. The predicted octanol–water partition coefficient (Wildman–Crippen LogP) is 2.55. The molecule has 136 valence electrons. The Bertz CT molecular complexity index is 483. The molecule has 24 heavy (non-hydrogen) atoms. The number of rotatable bonds is 7. The number of carbonyl (C=O) groups excluding carboxylic acids is 1. The number of nitrogens with zero attached hydrogens (tertiary/aromatic N) is 3. The second kappa shape index (κ2) is 9.39. The van der Waals surface area contributed by atoms with E-state index in [1.807, 2.05) is 19.0 Å². The lowest BCUT2D eigenvalue weighted by molar-refractivity contribution is 0.164. The summed E-state index contributed by atoms with van der Waals surface area (Å²) in [6.07, 6.45) is 2.33. The Hall–Kier alpha value is -1.11. The van der Waals surface area contributed by atoms with Gasteiger partial charge in [-0.2, -0.15) is 11.3 Å². The number of hydrogen-bond acceptors (Lipinski definition) is 4. The Kier molecular flexibility index (Phi) is 7.52. The molecular formula is C18H32N4OS. The van der Waals surface area contributed by atoms with E-state index in [1.54, 1.807) is 11.3 Å². The van der Waals surface area contributed by atoms with Crippen LogP contribution >= 0.6 is 11.3 Å². The zero-order chi connectivity index (χ0) is 17.5. The Labute approximate surface area is 150 Å². The van der Waals surface area contributed by atoms with Crippen LogP contribution in [0.2, 0.25) is 0 Å². The van der Waals surface area contributed by atoms with Crippen molar-refractivity contribution in [1.82, 2.24) is 20.0 Å². The number of hydrogen-bond donors (Lipinski definition) is 1. The van der Waals surface area contributed by atoms with Crippen LogP contribution in [0.4, 0.5) is 4.79 Å². The van der Waals surface area contributed by atoms with Crippen LogP contribution in [0.3, 0.4) is 0 Å². The lowest BCUT2D eigenvalue weighted by Crippen LogP contribution is -2.49. The van der Waals surface area contributed by atoms with E-state index in [2.05, 4.69) is 45.9 Å². The van der Waals surface area contributed by atoms with Gasteiger partial charge in [0.1, 0.15) is 0 Å². The normalized spacial score (nSPS) is 17.9. The summed E-state index contributed by atoms with van der Waals surface area (Å²) < 4.78 is 0. The molecule has 1 aliphatic heterocycles. The van der Waals surface area contributed by atoms with Crippen molar-refractivity contribution in [2.24, 2.45) is 5.92 Å². The minimum absolute atomic E-state index is 0.0643. The van der Waals surface area contributed by atoms with Gasteiger partial charge in [0.25, 0.3) is 0 Å². The Morgan fingerprint density at radius 2 is 2.08 bits per heavy atom. The third-order valence-corrected chi connectivity index (χ3v) is 5.61. The van der Waals surface area contributed by atoms with Crippen LogP contribution in [-0.2, 0) is 6.54 Å². The maximum Gasteiger partial charge on any atom is 0.317 e. The summed E-state index contributed by atoms with van der Waals surface area (Å²) in [6, 6.07) is 2.39. The Morgan fingerprint density at radius 3 is 2.67 bits per heavy atom. The van der Waals surface area contributed by atoms with Crippen molar-refractivity contribution >= 4 is 17.4 Å². The van der Waals surface area contributed by atoms with Crippen LogP contribution in [0.5, 0.6) is 0 Å². The number of piperidine rings is 1. The van der Waals surface area contributed by atoms with E-state index in [0.29, 0.717) is 12.5 Å². The molecule has 0 aromatic carbocycles. The second-order valence-corrected chi connectivity index (χ2v) is 8.02. The van der Waals surface area contributed by atoms with Crippen molar-refractivity contribution in [1.29, 1.82) is 0 Å². The summed E-state index contributed by atoms with van der Waals surface area (Å²) in [5.41, 5.74) is 1.21. The highest BCUT2D eigenvalue weighted by molar-refractivity contribution is 7.07. The zero-order valence-corrected chi connectivity index (χ0v) is 16.3. The van der Waals surface area contributed by atoms with Crippen molar-refractivity contribution in [3.63, 3.8) is 0 Å². The molecule has 0 bridgehead atoms. The number of likely N-dealkylation sites (N-methyl/N-ethyl adjacent to an activating group) is 1. The van der Waals surface area contributed by atoms with Gasteiger partial charge in [-0.1, -0.05) is 0 Å². The number of carbonyl (C=O) groups is 1. The third kappa shape index (κ3) is 6.07. The summed E-state index contributed by atoms with van der Waals surface area (Å²) >= 11 is 1.68. The van der Waals surface area contributed by atoms with Crippen LogP contribution in [0.1, 0.15) is 25.3 Å². The summed E-state index contributed by atoms with van der Waals surface area (Å²) in [6.45, 7) is 6.72. The van der Waals surface area contributed by atoms with Crippen LogP contribution < -0.4 is 5.32 Å². The number of urea groups is 1.